The monoisotopic (exact) mass is 574 g/mol. The molecule has 0 amide bonds. The fourth-order valence-corrected chi connectivity index (χ4v) is 5.62. The molecule has 0 N–H and O–H groups in total. The summed E-state index contributed by atoms with van der Waals surface area (Å²) in [6.45, 7) is 8.49. The average Bonchev–Trinajstić information content (AvgIpc) is 3.01. The third-order valence-corrected chi connectivity index (χ3v) is 7.70. The molecule has 42 heavy (non-hydrogen) atoms. The van der Waals surface area contributed by atoms with Crippen LogP contribution in [0.3, 0.4) is 0 Å². The van der Waals surface area contributed by atoms with Crippen molar-refractivity contribution in [3.8, 4) is 0 Å². The highest BCUT2D eigenvalue weighted by atomic mass is 16.7. The van der Waals surface area contributed by atoms with Crippen LogP contribution < -0.4 is 0 Å². The molecule has 5 heteroatoms. The van der Waals surface area contributed by atoms with Crippen LogP contribution in [0.5, 0.6) is 0 Å². The SMILES string of the molecule is CC1CCCC(OC2CC(OCc3ccccc3)C(OCc3ccccc3)C(COCc3ccccc3)O2)C1.CCC. The number of hydrogen-bond acceptors (Lipinski definition) is 5. The van der Waals surface area contributed by atoms with Crippen molar-refractivity contribution in [2.75, 3.05) is 6.61 Å². The minimum absolute atomic E-state index is 0.181. The highest BCUT2D eigenvalue weighted by molar-refractivity contribution is 5.15. The molecule has 1 heterocycles. The zero-order chi connectivity index (χ0) is 29.4. The maximum absolute atomic E-state index is 6.59. The lowest BCUT2D eigenvalue weighted by Crippen LogP contribution is -2.53. The smallest absolute Gasteiger partial charge is 0.161 e. The Balaban J connectivity index is 0.00000129. The largest absolute Gasteiger partial charge is 0.374 e. The predicted molar refractivity (Wildman–Crippen MR) is 168 cm³/mol. The van der Waals surface area contributed by atoms with Crippen molar-refractivity contribution < 1.29 is 23.7 Å². The van der Waals surface area contributed by atoms with Crippen molar-refractivity contribution in [2.45, 2.75) is 110 Å². The molecule has 3 aromatic carbocycles. The van der Waals surface area contributed by atoms with Gasteiger partial charge in [-0.3, -0.25) is 0 Å². The number of benzene rings is 3. The predicted octanol–water partition coefficient (Wildman–Crippen LogP) is 8.50. The van der Waals surface area contributed by atoms with Crippen molar-refractivity contribution in [1.82, 2.24) is 0 Å². The Bertz CT molecular complexity index is 1090. The summed E-state index contributed by atoms with van der Waals surface area (Å²) in [5.41, 5.74) is 3.40. The summed E-state index contributed by atoms with van der Waals surface area (Å²) in [5, 5.41) is 0. The van der Waals surface area contributed by atoms with Crippen LogP contribution in [0, 0.1) is 5.92 Å². The Hall–Kier alpha value is -2.54. The lowest BCUT2D eigenvalue weighted by Gasteiger charge is -2.42. The molecule has 6 unspecified atom stereocenters. The van der Waals surface area contributed by atoms with Gasteiger partial charge in [0, 0.05) is 6.42 Å². The summed E-state index contributed by atoms with van der Waals surface area (Å²) in [6, 6.07) is 30.8. The van der Waals surface area contributed by atoms with Gasteiger partial charge in [-0.05, 0) is 35.4 Å². The number of ether oxygens (including phenoxy) is 5. The quantitative estimate of drug-likeness (QED) is 0.217. The zero-order valence-corrected chi connectivity index (χ0v) is 25.7. The van der Waals surface area contributed by atoms with Gasteiger partial charge in [0.1, 0.15) is 12.2 Å². The molecular formula is C37H50O5. The highest BCUT2D eigenvalue weighted by Crippen LogP contribution is 2.32. The molecule has 5 rings (SSSR count). The van der Waals surface area contributed by atoms with Crippen LogP contribution in [0.4, 0.5) is 0 Å². The van der Waals surface area contributed by atoms with Crippen LogP contribution >= 0.6 is 0 Å². The second-order valence-corrected chi connectivity index (χ2v) is 11.7. The summed E-state index contributed by atoms with van der Waals surface area (Å²) in [4.78, 5) is 0. The van der Waals surface area contributed by atoms with Crippen LogP contribution in [0.25, 0.3) is 0 Å². The molecule has 2 aliphatic rings. The van der Waals surface area contributed by atoms with E-state index in [1.807, 2.05) is 54.6 Å². The first-order valence-electron chi connectivity index (χ1n) is 15.9. The van der Waals surface area contributed by atoms with Gasteiger partial charge in [-0.25, -0.2) is 0 Å². The molecule has 0 radical (unpaired) electrons. The highest BCUT2D eigenvalue weighted by Gasteiger charge is 2.42. The Labute approximate surface area is 253 Å². The summed E-state index contributed by atoms with van der Waals surface area (Å²) >= 11 is 0. The first kappa shape index (κ1) is 32.4. The van der Waals surface area contributed by atoms with Gasteiger partial charge in [-0.15, -0.1) is 0 Å². The topological polar surface area (TPSA) is 46.2 Å². The van der Waals surface area contributed by atoms with Crippen molar-refractivity contribution in [1.29, 1.82) is 0 Å². The molecular weight excluding hydrogens is 524 g/mol. The van der Waals surface area contributed by atoms with Crippen LogP contribution in [0.15, 0.2) is 91.0 Å². The molecule has 1 aliphatic heterocycles. The Morgan fingerprint density at radius 2 is 1.24 bits per heavy atom. The maximum Gasteiger partial charge on any atom is 0.161 e. The van der Waals surface area contributed by atoms with Crippen LogP contribution in [-0.2, 0) is 43.5 Å². The van der Waals surface area contributed by atoms with Crippen molar-refractivity contribution in [3.05, 3.63) is 108 Å². The van der Waals surface area contributed by atoms with E-state index in [4.69, 9.17) is 23.7 Å². The third-order valence-electron chi connectivity index (χ3n) is 7.70. The van der Waals surface area contributed by atoms with Gasteiger partial charge in [-0.1, -0.05) is 131 Å². The minimum atomic E-state index is -0.344. The van der Waals surface area contributed by atoms with Gasteiger partial charge in [0.2, 0.25) is 0 Å². The van der Waals surface area contributed by atoms with Gasteiger partial charge in [0.25, 0.3) is 0 Å². The summed E-state index contributed by atoms with van der Waals surface area (Å²) < 4.78 is 32.5. The Morgan fingerprint density at radius 1 is 0.690 bits per heavy atom. The first-order chi connectivity index (χ1) is 20.6. The third kappa shape index (κ3) is 10.9. The van der Waals surface area contributed by atoms with Gasteiger partial charge >= 0.3 is 0 Å². The molecule has 2 fully saturated rings. The minimum Gasteiger partial charge on any atom is -0.374 e. The lowest BCUT2D eigenvalue weighted by molar-refractivity contribution is -0.290. The maximum atomic E-state index is 6.59. The van der Waals surface area contributed by atoms with Gasteiger partial charge in [0.05, 0.1) is 38.6 Å². The molecule has 3 aromatic rings. The molecule has 0 aromatic heterocycles. The van der Waals surface area contributed by atoms with E-state index in [1.54, 1.807) is 0 Å². The fraction of sp³-hybridized carbons (Fsp3) is 0.514. The number of hydrogen-bond donors (Lipinski definition) is 0. The van der Waals surface area contributed by atoms with Crippen LogP contribution in [0.1, 0.15) is 76.0 Å². The summed E-state index contributed by atoms with van der Waals surface area (Å²) in [6.07, 6.45) is 5.64. The molecule has 1 aliphatic carbocycles. The molecule has 0 spiro atoms. The molecule has 5 nitrogen and oxygen atoms in total. The van der Waals surface area contributed by atoms with Crippen molar-refractivity contribution >= 4 is 0 Å². The van der Waals surface area contributed by atoms with Crippen LogP contribution in [-0.4, -0.2) is 37.3 Å². The molecule has 228 valence electrons. The van der Waals surface area contributed by atoms with E-state index in [0.717, 1.165) is 29.5 Å². The summed E-state index contributed by atoms with van der Waals surface area (Å²) in [7, 11) is 0. The van der Waals surface area contributed by atoms with E-state index in [9.17, 15) is 0 Å². The van der Waals surface area contributed by atoms with E-state index in [2.05, 4.69) is 57.2 Å². The second-order valence-electron chi connectivity index (χ2n) is 11.7. The van der Waals surface area contributed by atoms with E-state index >= 15 is 0 Å². The molecule has 1 saturated carbocycles. The standard InChI is InChI=1S/C34H42O5.C3H8/c1-26-12-11-19-30(20-26)38-33-21-31(36-23-28-15-7-3-8-16-28)34(37-24-29-17-9-4-10-18-29)32(39-33)25-35-22-27-13-5-2-6-14-27;1-3-2/h2-10,13-18,26,30-34H,11-12,19-25H2,1H3;3H2,1-2H3. The van der Waals surface area contributed by atoms with Gasteiger partial charge < -0.3 is 23.7 Å². The van der Waals surface area contributed by atoms with E-state index in [0.29, 0.717) is 38.8 Å². The van der Waals surface area contributed by atoms with Gasteiger partial charge in [-0.2, -0.15) is 0 Å². The second kappa shape index (κ2) is 18.2. The molecule has 0 bridgehead atoms. The average molecular weight is 575 g/mol. The molecule has 6 atom stereocenters. The van der Waals surface area contributed by atoms with E-state index in [1.165, 1.54) is 19.3 Å². The van der Waals surface area contributed by atoms with Crippen molar-refractivity contribution in [3.63, 3.8) is 0 Å². The van der Waals surface area contributed by atoms with Crippen molar-refractivity contribution in [2.24, 2.45) is 5.92 Å². The first-order valence-corrected chi connectivity index (χ1v) is 15.9. The summed E-state index contributed by atoms with van der Waals surface area (Å²) in [5.74, 6) is 0.685. The lowest BCUT2D eigenvalue weighted by atomic mass is 9.88. The molecule has 1 saturated heterocycles. The number of rotatable bonds is 12. The Morgan fingerprint density at radius 3 is 1.81 bits per heavy atom. The zero-order valence-electron chi connectivity index (χ0n) is 25.7. The Kier molecular flexibility index (Phi) is 14.0. The fourth-order valence-electron chi connectivity index (χ4n) is 5.62. The van der Waals surface area contributed by atoms with Crippen LogP contribution in [0.2, 0.25) is 0 Å². The van der Waals surface area contributed by atoms with Gasteiger partial charge in [0.15, 0.2) is 6.29 Å². The van der Waals surface area contributed by atoms with E-state index < -0.39 is 0 Å². The van der Waals surface area contributed by atoms with E-state index in [-0.39, 0.29) is 30.7 Å². The normalized spacial score (nSPS) is 25.8.